The summed E-state index contributed by atoms with van der Waals surface area (Å²) >= 11 is 0. The van der Waals surface area contributed by atoms with Gasteiger partial charge in [-0.2, -0.15) is 0 Å². The second-order valence-corrected chi connectivity index (χ2v) is 6.12. The van der Waals surface area contributed by atoms with Crippen molar-refractivity contribution in [2.75, 3.05) is 26.9 Å². The number of carbonyl (C=O) groups is 1. The van der Waals surface area contributed by atoms with Crippen LogP contribution < -0.4 is 0 Å². The van der Waals surface area contributed by atoms with Crippen molar-refractivity contribution in [3.63, 3.8) is 0 Å². The largest absolute Gasteiger partial charge is 0.469 e. The van der Waals surface area contributed by atoms with Gasteiger partial charge >= 0.3 is 0 Å². The van der Waals surface area contributed by atoms with Gasteiger partial charge in [-0.1, -0.05) is 13.3 Å². The van der Waals surface area contributed by atoms with E-state index >= 15 is 0 Å². The number of ether oxygens (including phenoxy) is 2. The maximum atomic E-state index is 13.0. The summed E-state index contributed by atoms with van der Waals surface area (Å²) in [5.41, 5.74) is 0.696. The van der Waals surface area contributed by atoms with E-state index in [1.54, 1.807) is 19.4 Å². The van der Waals surface area contributed by atoms with Crippen LogP contribution in [0.1, 0.15) is 42.3 Å². The monoisotopic (exact) mass is 307 g/mol. The Morgan fingerprint density at radius 1 is 1.45 bits per heavy atom. The van der Waals surface area contributed by atoms with Gasteiger partial charge in [0.05, 0.1) is 37.2 Å². The van der Waals surface area contributed by atoms with E-state index in [2.05, 4.69) is 0 Å². The van der Waals surface area contributed by atoms with E-state index in [9.17, 15) is 4.79 Å². The van der Waals surface area contributed by atoms with Crippen LogP contribution in [-0.2, 0) is 15.9 Å². The van der Waals surface area contributed by atoms with E-state index < -0.39 is 0 Å². The van der Waals surface area contributed by atoms with Crippen LogP contribution in [0.5, 0.6) is 0 Å². The van der Waals surface area contributed by atoms with Gasteiger partial charge in [0.15, 0.2) is 0 Å². The lowest BCUT2D eigenvalue weighted by Crippen LogP contribution is -2.53. The van der Waals surface area contributed by atoms with E-state index in [1.807, 2.05) is 11.8 Å². The lowest BCUT2D eigenvalue weighted by atomic mass is 9.93. The summed E-state index contributed by atoms with van der Waals surface area (Å²) in [5.74, 6) is 1.21. The van der Waals surface area contributed by atoms with Gasteiger partial charge in [0, 0.05) is 26.0 Å². The lowest BCUT2D eigenvalue weighted by Gasteiger charge is -2.40. The molecule has 2 fully saturated rings. The van der Waals surface area contributed by atoms with Crippen LogP contribution in [0.25, 0.3) is 0 Å². The van der Waals surface area contributed by atoms with Crippen molar-refractivity contribution in [3.8, 4) is 0 Å². The second kappa shape index (κ2) is 6.84. The molecule has 2 aliphatic rings. The summed E-state index contributed by atoms with van der Waals surface area (Å²) in [6, 6.07) is 1.89. The van der Waals surface area contributed by atoms with Gasteiger partial charge in [-0.25, -0.2) is 0 Å². The molecule has 0 aromatic carbocycles. The molecule has 2 heterocycles. The van der Waals surface area contributed by atoms with E-state index in [0.29, 0.717) is 31.2 Å². The maximum absolute atomic E-state index is 13.0. The number of morpholine rings is 1. The van der Waals surface area contributed by atoms with Gasteiger partial charge in [-0.15, -0.1) is 0 Å². The minimum atomic E-state index is 0.0700. The van der Waals surface area contributed by atoms with Gasteiger partial charge in [0.2, 0.25) is 0 Å². The van der Waals surface area contributed by atoms with E-state index in [1.165, 1.54) is 0 Å². The van der Waals surface area contributed by atoms with Crippen LogP contribution in [0.4, 0.5) is 0 Å². The molecule has 0 spiro atoms. The molecule has 0 radical (unpaired) electrons. The summed E-state index contributed by atoms with van der Waals surface area (Å²) in [4.78, 5) is 15.0. The van der Waals surface area contributed by atoms with Crippen molar-refractivity contribution in [1.29, 1.82) is 0 Å². The maximum Gasteiger partial charge on any atom is 0.257 e. The molecule has 0 bridgehead atoms. The average Bonchev–Trinajstić information content (AvgIpc) is 3.22. The molecule has 0 N–H and O–H groups in total. The molecule has 122 valence electrons. The summed E-state index contributed by atoms with van der Waals surface area (Å²) in [6.07, 6.45) is 5.90. The summed E-state index contributed by atoms with van der Waals surface area (Å²) in [6.45, 7) is 3.86. The minimum absolute atomic E-state index is 0.0700. The molecule has 3 rings (SSSR count). The molecule has 0 unspecified atom stereocenters. The average molecular weight is 307 g/mol. The molecule has 5 heteroatoms. The molecule has 1 saturated heterocycles. The molecule has 3 atom stereocenters. The number of furan rings is 1. The van der Waals surface area contributed by atoms with Gasteiger partial charge in [-0.05, 0) is 18.9 Å². The Bertz CT molecular complexity index is 513. The molecule has 1 saturated carbocycles. The molecule has 1 aliphatic carbocycles. The molecular formula is C17H25NO4. The Morgan fingerprint density at radius 3 is 3.09 bits per heavy atom. The van der Waals surface area contributed by atoms with Gasteiger partial charge in [-0.3, -0.25) is 4.79 Å². The Balaban J connectivity index is 1.82. The summed E-state index contributed by atoms with van der Waals surface area (Å²) in [7, 11) is 1.77. The van der Waals surface area contributed by atoms with Gasteiger partial charge < -0.3 is 18.8 Å². The smallest absolute Gasteiger partial charge is 0.257 e. The predicted octanol–water partition coefficient (Wildman–Crippen LogP) is 2.50. The molecule has 5 nitrogen and oxygen atoms in total. The number of amides is 1. The van der Waals surface area contributed by atoms with Crippen LogP contribution in [0.15, 0.2) is 16.7 Å². The molecule has 1 aromatic heterocycles. The van der Waals surface area contributed by atoms with Crippen molar-refractivity contribution in [2.24, 2.45) is 5.92 Å². The number of hydrogen-bond acceptors (Lipinski definition) is 4. The van der Waals surface area contributed by atoms with Crippen LogP contribution in [0.2, 0.25) is 0 Å². The predicted molar refractivity (Wildman–Crippen MR) is 81.9 cm³/mol. The zero-order valence-corrected chi connectivity index (χ0v) is 13.4. The first-order valence-electron chi connectivity index (χ1n) is 8.24. The highest BCUT2D eigenvalue weighted by molar-refractivity contribution is 5.95. The molecule has 22 heavy (non-hydrogen) atoms. The number of carbonyl (C=O) groups excluding carboxylic acids is 1. The molecular weight excluding hydrogens is 282 g/mol. The number of nitrogens with zero attached hydrogens (tertiary/aromatic N) is 1. The first kappa shape index (κ1) is 15.6. The SMILES string of the molecule is CCc1occc1C(=O)N1CCOC[C@@H]1[C@@H]1CCC[C@@H]1OC. The Labute approximate surface area is 131 Å². The Hall–Kier alpha value is -1.33. The Kier molecular flexibility index (Phi) is 4.84. The third-order valence-corrected chi connectivity index (χ3v) is 5.02. The lowest BCUT2D eigenvalue weighted by molar-refractivity contribution is -0.0461. The molecule has 1 aliphatic heterocycles. The van der Waals surface area contributed by atoms with E-state index in [0.717, 1.165) is 31.4 Å². The van der Waals surface area contributed by atoms with Crippen LogP contribution in [0, 0.1) is 5.92 Å². The van der Waals surface area contributed by atoms with Crippen molar-refractivity contribution in [1.82, 2.24) is 4.90 Å². The summed E-state index contributed by atoms with van der Waals surface area (Å²) < 4.78 is 16.7. The quantitative estimate of drug-likeness (QED) is 0.857. The zero-order chi connectivity index (χ0) is 15.5. The highest BCUT2D eigenvalue weighted by Crippen LogP contribution is 2.34. The fourth-order valence-corrected chi connectivity index (χ4v) is 3.88. The first-order valence-corrected chi connectivity index (χ1v) is 8.24. The van der Waals surface area contributed by atoms with E-state index in [4.69, 9.17) is 13.9 Å². The van der Waals surface area contributed by atoms with Crippen molar-refractivity contribution < 1.29 is 18.7 Å². The third-order valence-electron chi connectivity index (χ3n) is 5.02. The van der Waals surface area contributed by atoms with Crippen LogP contribution in [0.3, 0.4) is 0 Å². The fourth-order valence-electron chi connectivity index (χ4n) is 3.88. The normalized spacial score (nSPS) is 29.0. The first-order chi connectivity index (χ1) is 10.8. The molecule has 1 aromatic rings. The highest BCUT2D eigenvalue weighted by atomic mass is 16.5. The van der Waals surface area contributed by atoms with Crippen molar-refractivity contribution in [2.45, 2.75) is 44.8 Å². The number of rotatable bonds is 4. The number of aryl methyl sites for hydroxylation is 1. The molecule has 1 amide bonds. The topological polar surface area (TPSA) is 51.9 Å². The number of methoxy groups -OCH3 is 1. The number of hydrogen-bond donors (Lipinski definition) is 0. The van der Waals surface area contributed by atoms with Crippen molar-refractivity contribution in [3.05, 3.63) is 23.7 Å². The summed E-state index contributed by atoms with van der Waals surface area (Å²) in [5, 5.41) is 0. The third kappa shape index (κ3) is 2.79. The van der Waals surface area contributed by atoms with Crippen LogP contribution >= 0.6 is 0 Å². The Morgan fingerprint density at radius 2 is 2.32 bits per heavy atom. The van der Waals surface area contributed by atoms with E-state index in [-0.39, 0.29) is 18.1 Å². The fraction of sp³-hybridized carbons (Fsp3) is 0.706. The van der Waals surface area contributed by atoms with Crippen molar-refractivity contribution >= 4 is 5.91 Å². The second-order valence-electron chi connectivity index (χ2n) is 6.12. The van der Waals surface area contributed by atoms with Gasteiger partial charge in [0.25, 0.3) is 5.91 Å². The zero-order valence-electron chi connectivity index (χ0n) is 13.4. The van der Waals surface area contributed by atoms with Gasteiger partial charge in [0.1, 0.15) is 5.76 Å². The highest BCUT2D eigenvalue weighted by Gasteiger charge is 2.41. The van der Waals surface area contributed by atoms with Crippen LogP contribution in [-0.4, -0.2) is 49.8 Å². The standard InChI is InChI=1S/C17H25NO4/c1-3-15-13(7-9-22-15)17(19)18-8-10-21-11-14(18)12-5-4-6-16(12)20-2/h7,9,12,14,16H,3-6,8,10-11H2,1-2H3/t12-,14+,16-/m0/s1. The minimum Gasteiger partial charge on any atom is -0.469 e.